The topological polar surface area (TPSA) is 65.0 Å². The van der Waals surface area contributed by atoms with E-state index in [0.29, 0.717) is 5.75 Å². The van der Waals surface area contributed by atoms with E-state index in [0.717, 1.165) is 92.7 Å². The molecule has 7 nitrogen and oxygen atoms in total. The first-order chi connectivity index (χ1) is 15.8. The van der Waals surface area contributed by atoms with Crippen LogP contribution in [0.25, 0.3) is 0 Å². The minimum Gasteiger partial charge on any atom is -0.507 e. The van der Waals surface area contributed by atoms with Gasteiger partial charge in [0.25, 0.3) is 0 Å². The average Bonchev–Trinajstić information content (AvgIpc) is 3.37. The number of benzene rings is 1. The lowest BCUT2D eigenvalue weighted by Crippen LogP contribution is -2.54. The summed E-state index contributed by atoms with van der Waals surface area (Å²) in [4.78, 5) is 16.4. The Balaban J connectivity index is 1.23. The second-order valence-electron chi connectivity index (χ2n) is 10.3. The number of aromatic hydroxyl groups is 1. The molecule has 2 fully saturated rings. The molecule has 2 aromatic rings. The third kappa shape index (κ3) is 4.23. The van der Waals surface area contributed by atoms with Crippen LogP contribution in [0.5, 0.6) is 11.5 Å². The molecule has 4 heterocycles. The Morgan fingerprint density at radius 2 is 1.55 bits per heavy atom. The number of nitrogens with zero attached hydrogens (tertiary/aromatic N) is 5. The van der Waals surface area contributed by atoms with Gasteiger partial charge in [-0.1, -0.05) is 0 Å². The zero-order valence-electron chi connectivity index (χ0n) is 20.5. The highest BCUT2D eigenvalue weighted by molar-refractivity contribution is 5.58. The molecule has 1 aromatic carbocycles. The van der Waals surface area contributed by atoms with Gasteiger partial charge in [-0.15, -0.1) is 0 Å². The molecule has 3 aliphatic heterocycles. The lowest BCUT2D eigenvalue weighted by molar-refractivity contribution is 0.0226. The van der Waals surface area contributed by atoms with E-state index in [2.05, 4.69) is 44.6 Å². The summed E-state index contributed by atoms with van der Waals surface area (Å²) in [5, 5.41) is 10.5. The third-order valence-corrected chi connectivity index (χ3v) is 7.92. The number of aromatic nitrogens is 2. The van der Waals surface area contributed by atoms with Gasteiger partial charge in [0, 0.05) is 57.4 Å². The first-order valence-corrected chi connectivity index (χ1v) is 12.4. The number of ether oxygens (including phenoxy) is 1. The molecule has 0 aliphatic carbocycles. The zero-order chi connectivity index (χ0) is 23.2. The van der Waals surface area contributed by atoms with Crippen LogP contribution in [0.15, 0.2) is 12.4 Å². The summed E-state index contributed by atoms with van der Waals surface area (Å²) in [6.07, 6.45) is 6.14. The van der Waals surface area contributed by atoms with Crippen LogP contribution < -0.4 is 14.5 Å². The van der Waals surface area contributed by atoms with Crippen LogP contribution in [0.3, 0.4) is 0 Å². The predicted molar refractivity (Wildman–Crippen MR) is 132 cm³/mol. The highest BCUT2D eigenvalue weighted by Gasteiger charge is 2.37. The van der Waals surface area contributed by atoms with Crippen molar-refractivity contribution in [1.82, 2.24) is 14.9 Å². The Morgan fingerprint density at radius 3 is 2.21 bits per heavy atom. The molecular formula is C26H37N5O2. The first-order valence-electron chi connectivity index (χ1n) is 12.4. The highest BCUT2D eigenvalue weighted by atomic mass is 16.5. The minimum absolute atomic E-state index is 0.215. The van der Waals surface area contributed by atoms with Crippen molar-refractivity contribution in [3.8, 4) is 11.5 Å². The maximum Gasteiger partial charge on any atom is 0.134 e. The van der Waals surface area contributed by atoms with Crippen molar-refractivity contribution in [3.05, 3.63) is 34.6 Å². The van der Waals surface area contributed by atoms with Crippen molar-refractivity contribution >= 4 is 11.6 Å². The summed E-state index contributed by atoms with van der Waals surface area (Å²) >= 11 is 0. The Labute approximate surface area is 197 Å². The zero-order valence-corrected chi connectivity index (χ0v) is 20.5. The molecule has 1 unspecified atom stereocenters. The quantitative estimate of drug-likeness (QED) is 0.762. The van der Waals surface area contributed by atoms with Gasteiger partial charge in [-0.05, 0) is 70.1 Å². The van der Waals surface area contributed by atoms with E-state index in [4.69, 9.17) is 4.74 Å². The number of hydrogen-bond donors (Lipinski definition) is 1. The smallest absolute Gasteiger partial charge is 0.134 e. The van der Waals surface area contributed by atoms with E-state index in [1.165, 1.54) is 18.4 Å². The van der Waals surface area contributed by atoms with Crippen molar-refractivity contribution in [1.29, 1.82) is 0 Å². The van der Waals surface area contributed by atoms with Crippen LogP contribution >= 0.6 is 0 Å². The monoisotopic (exact) mass is 451 g/mol. The Kier molecular flexibility index (Phi) is 5.85. The number of phenols is 1. The number of anilines is 2. The summed E-state index contributed by atoms with van der Waals surface area (Å²) in [6, 6.07) is 2.16. The van der Waals surface area contributed by atoms with Crippen LogP contribution in [-0.2, 0) is 6.42 Å². The van der Waals surface area contributed by atoms with E-state index in [1.54, 1.807) is 6.33 Å². The average molecular weight is 452 g/mol. The summed E-state index contributed by atoms with van der Waals surface area (Å²) < 4.78 is 6.66. The maximum atomic E-state index is 10.5. The predicted octanol–water partition coefficient (Wildman–Crippen LogP) is 3.61. The summed E-state index contributed by atoms with van der Waals surface area (Å²) in [5.74, 6) is 3.52. The standard InChI is InChI=1S/C26H37N5O2/c1-18-19(2)25-21(20(3)24(18)32)7-8-26(4,33-25)16-29-11-13-31(14-12-29)23-15-22(27-17-28-23)30-9-5-6-10-30/h15,17,32H,5-14,16H2,1-4H3. The van der Waals surface area contributed by atoms with E-state index in [9.17, 15) is 5.11 Å². The van der Waals surface area contributed by atoms with Crippen LogP contribution in [0.1, 0.15) is 48.4 Å². The number of rotatable bonds is 4. The largest absolute Gasteiger partial charge is 0.507 e. The fourth-order valence-corrected chi connectivity index (χ4v) is 5.64. The van der Waals surface area contributed by atoms with E-state index < -0.39 is 0 Å². The molecule has 1 N–H and O–H groups in total. The third-order valence-electron chi connectivity index (χ3n) is 7.92. The first kappa shape index (κ1) is 22.3. The molecule has 0 spiro atoms. The second kappa shape index (κ2) is 8.67. The van der Waals surface area contributed by atoms with Crippen molar-refractivity contribution in [3.63, 3.8) is 0 Å². The lowest BCUT2D eigenvalue weighted by atomic mass is 9.87. The van der Waals surface area contributed by atoms with Gasteiger partial charge in [-0.25, -0.2) is 9.97 Å². The number of piperazine rings is 1. The lowest BCUT2D eigenvalue weighted by Gasteiger charge is -2.43. The maximum absolute atomic E-state index is 10.5. The number of fused-ring (bicyclic) bond motifs is 1. The number of hydrogen-bond acceptors (Lipinski definition) is 7. The molecule has 178 valence electrons. The summed E-state index contributed by atoms with van der Waals surface area (Å²) in [5.41, 5.74) is 3.94. The molecule has 5 rings (SSSR count). The van der Waals surface area contributed by atoms with Crippen molar-refractivity contribution in [2.45, 2.75) is 59.0 Å². The van der Waals surface area contributed by atoms with Gasteiger partial charge in [0.2, 0.25) is 0 Å². The Hall–Kier alpha value is -2.54. The van der Waals surface area contributed by atoms with Gasteiger partial charge in [0.15, 0.2) is 0 Å². The van der Waals surface area contributed by atoms with E-state index in [1.807, 2.05) is 13.8 Å². The molecule has 0 saturated carbocycles. The van der Waals surface area contributed by atoms with Gasteiger partial charge < -0.3 is 19.6 Å². The van der Waals surface area contributed by atoms with Crippen molar-refractivity contribution in [2.75, 3.05) is 55.6 Å². The van der Waals surface area contributed by atoms with Gasteiger partial charge in [-0.2, -0.15) is 0 Å². The van der Waals surface area contributed by atoms with Crippen LogP contribution in [0.4, 0.5) is 11.6 Å². The highest BCUT2D eigenvalue weighted by Crippen LogP contribution is 2.43. The van der Waals surface area contributed by atoms with Gasteiger partial charge >= 0.3 is 0 Å². The van der Waals surface area contributed by atoms with Gasteiger partial charge in [-0.3, -0.25) is 4.90 Å². The van der Waals surface area contributed by atoms with Crippen LogP contribution in [0, 0.1) is 20.8 Å². The normalized spacial score (nSPS) is 23.5. The van der Waals surface area contributed by atoms with E-state index in [-0.39, 0.29) is 5.60 Å². The van der Waals surface area contributed by atoms with Crippen molar-refractivity contribution in [2.24, 2.45) is 0 Å². The van der Waals surface area contributed by atoms with Crippen LogP contribution in [-0.4, -0.2) is 71.4 Å². The van der Waals surface area contributed by atoms with Gasteiger partial charge in [0.1, 0.15) is 35.1 Å². The molecule has 0 bridgehead atoms. The molecule has 7 heteroatoms. The molecule has 2 saturated heterocycles. The van der Waals surface area contributed by atoms with Crippen molar-refractivity contribution < 1.29 is 9.84 Å². The molecule has 0 radical (unpaired) electrons. The Morgan fingerprint density at radius 1 is 0.909 bits per heavy atom. The SMILES string of the molecule is Cc1c(C)c2c(c(C)c1O)CCC(C)(CN1CCN(c3cc(N4CCCC4)ncn3)CC1)O2. The molecule has 33 heavy (non-hydrogen) atoms. The summed E-state index contributed by atoms with van der Waals surface area (Å²) in [6.45, 7) is 15.4. The molecule has 1 atom stereocenters. The fourth-order valence-electron chi connectivity index (χ4n) is 5.64. The molecule has 0 amide bonds. The molecular weight excluding hydrogens is 414 g/mol. The molecule has 3 aliphatic rings. The fraction of sp³-hybridized carbons (Fsp3) is 0.615. The van der Waals surface area contributed by atoms with Crippen LogP contribution in [0.2, 0.25) is 0 Å². The summed E-state index contributed by atoms with van der Waals surface area (Å²) in [7, 11) is 0. The van der Waals surface area contributed by atoms with E-state index >= 15 is 0 Å². The van der Waals surface area contributed by atoms with Gasteiger partial charge in [0.05, 0.1) is 0 Å². The minimum atomic E-state index is -0.215. The Bertz CT molecular complexity index is 1030. The number of phenolic OH excluding ortho intramolecular Hbond substituents is 1. The molecule has 1 aromatic heterocycles. The second-order valence-corrected chi connectivity index (χ2v) is 10.3.